The van der Waals surface area contributed by atoms with E-state index in [0.717, 1.165) is 12.8 Å². The average molecular weight is 291 g/mol. The van der Waals surface area contributed by atoms with Crippen molar-refractivity contribution < 1.29 is 19.4 Å². The number of aliphatic carboxylic acids is 1. The molecule has 1 heterocycles. The highest BCUT2D eigenvalue weighted by atomic mass is 16.5. The maximum Gasteiger partial charge on any atom is 0.326 e. The molecule has 0 bridgehead atoms. The Bertz CT molecular complexity index is 468. The second-order valence-electron chi connectivity index (χ2n) is 5.28. The zero-order valence-electron chi connectivity index (χ0n) is 12.0. The molecule has 1 aliphatic rings. The van der Waals surface area contributed by atoms with Gasteiger partial charge in [-0.15, -0.1) is 0 Å². The van der Waals surface area contributed by atoms with Crippen LogP contribution in [-0.2, 0) is 20.7 Å². The molecule has 1 amide bonds. The number of carboxylic acid groups (broad SMARTS) is 1. The van der Waals surface area contributed by atoms with Crippen molar-refractivity contribution >= 4 is 11.9 Å². The number of amides is 1. The Labute approximate surface area is 124 Å². The van der Waals surface area contributed by atoms with Crippen molar-refractivity contribution in [2.24, 2.45) is 0 Å². The standard InChI is InChI=1S/C16H21NO4/c18-15(14-10-5-11-21-14)17-13(16(19)20)9-4-8-12-6-2-1-3-7-12/h1-3,6-7,13-14H,4-5,8-11H2,(H,17,18)(H,19,20)/t13-,14-/m0/s1. The minimum absolute atomic E-state index is 0.306. The summed E-state index contributed by atoms with van der Waals surface area (Å²) in [5.41, 5.74) is 1.17. The highest BCUT2D eigenvalue weighted by molar-refractivity contribution is 5.86. The minimum Gasteiger partial charge on any atom is -0.480 e. The number of hydrogen-bond donors (Lipinski definition) is 2. The van der Waals surface area contributed by atoms with Gasteiger partial charge in [-0.1, -0.05) is 30.3 Å². The normalized spacial score (nSPS) is 19.1. The van der Waals surface area contributed by atoms with Crippen LogP contribution in [0.1, 0.15) is 31.2 Å². The van der Waals surface area contributed by atoms with Crippen LogP contribution in [0.15, 0.2) is 30.3 Å². The van der Waals surface area contributed by atoms with Crippen LogP contribution in [0.3, 0.4) is 0 Å². The van der Waals surface area contributed by atoms with Crippen LogP contribution in [0.4, 0.5) is 0 Å². The van der Waals surface area contributed by atoms with E-state index in [2.05, 4.69) is 5.32 Å². The van der Waals surface area contributed by atoms with Gasteiger partial charge in [-0.3, -0.25) is 4.79 Å². The predicted molar refractivity (Wildman–Crippen MR) is 77.9 cm³/mol. The van der Waals surface area contributed by atoms with E-state index in [0.29, 0.717) is 25.9 Å². The molecule has 0 aromatic heterocycles. The molecule has 5 heteroatoms. The first-order chi connectivity index (χ1) is 10.2. The van der Waals surface area contributed by atoms with E-state index in [1.165, 1.54) is 5.56 Å². The average Bonchev–Trinajstić information content (AvgIpc) is 3.01. The lowest BCUT2D eigenvalue weighted by atomic mass is 10.0. The number of carboxylic acids is 1. The van der Waals surface area contributed by atoms with Crippen LogP contribution in [0, 0.1) is 0 Å². The van der Waals surface area contributed by atoms with Gasteiger partial charge in [0.1, 0.15) is 12.1 Å². The smallest absolute Gasteiger partial charge is 0.326 e. The zero-order valence-corrected chi connectivity index (χ0v) is 12.0. The van der Waals surface area contributed by atoms with Crippen molar-refractivity contribution in [1.82, 2.24) is 5.32 Å². The van der Waals surface area contributed by atoms with Gasteiger partial charge in [0, 0.05) is 6.61 Å². The predicted octanol–water partition coefficient (Wildman–Crippen LogP) is 1.76. The van der Waals surface area contributed by atoms with Gasteiger partial charge in [0.25, 0.3) is 0 Å². The van der Waals surface area contributed by atoms with E-state index in [1.54, 1.807) is 0 Å². The van der Waals surface area contributed by atoms with Crippen molar-refractivity contribution in [3.8, 4) is 0 Å². The summed E-state index contributed by atoms with van der Waals surface area (Å²) in [5, 5.41) is 11.8. The Morgan fingerprint density at radius 1 is 1.33 bits per heavy atom. The van der Waals surface area contributed by atoms with Crippen LogP contribution in [0.25, 0.3) is 0 Å². The molecule has 1 fully saturated rings. The molecule has 2 atom stereocenters. The largest absolute Gasteiger partial charge is 0.480 e. The zero-order chi connectivity index (χ0) is 15.1. The molecule has 2 rings (SSSR count). The van der Waals surface area contributed by atoms with Gasteiger partial charge in [0.15, 0.2) is 0 Å². The number of benzene rings is 1. The van der Waals surface area contributed by atoms with Crippen LogP contribution in [0.5, 0.6) is 0 Å². The Morgan fingerprint density at radius 3 is 2.71 bits per heavy atom. The first-order valence-corrected chi connectivity index (χ1v) is 7.35. The number of carbonyl (C=O) groups is 2. The van der Waals surface area contributed by atoms with Gasteiger partial charge >= 0.3 is 5.97 Å². The fourth-order valence-electron chi connectivity index (χ4n) is 2.46. The number of carbonyl (C=O) groups excluding carboxylic acids is 1. The lowest BCUT2D eigenvalue weighted by Crippen LogP contribution is -2.45. The Kier molecular flexibility index (Phi) is 5.75. The second kappa shape index (κ2) is 7.78. The van der Waals surface area contributed by atoms with Gasteiger partial charge in [0.2, 0.25) is 5.91 Å². The summed E-state index contributed by atoms with van der Waals surface area (Å²) in [7, 11) is 0. The topological polar surface area (TPSA) is 75.6 Å². The lowest BCUT2D eigenvalue weighted by Gasteiger charge is -2.17. The monoisotopic (exact) mass is 291 g/mol. The fraction of sp³-hybridized carbons (Fsp3) is 0.500. The number of hydrogen-bond acceptors (Lipinski definition) is 3. The van der Waals surface area contributed by atoms with E-state index >= 15 is 0 Å². The van der Waals surface area contributed by atoms with Crippen LogP contribution < -0.4 is 5.32 Å². The van der Waals surface area contributed by atoms with Crippen molar-refractivity contribution in [2.45, 2.75) is 44.2 Å². The summed E-state index contributed by atoms with van der Waals surface area (Å²) in [4.78, 5) is 23.1. The molecular weight excluding hydrogens is 270 g/mol. The van der Waals surface area contributed by atoms with Gasteiger partial charge in [-0.05, 0) is 37.7 Å². The SMILES string of the molecule is O=C(O)[C@H](CCCc1ccccc1)NC(=O)[C@@H]1CCCO1. The quantitative estimate of drug-likeness (QED) is 0.802. The molecule has 0 radical (unpaired) electrons. The molecule has 0 aliphatic carbocycles. The first kappa shape index (κ1) is 15.5. The molecule has 5 nitrogen and oxygen atoms in total. The molecule has 1 saturated heterocycles. The van der Waals surface area contributed by atoms with Crippen LogP contribution in [0.2, 0.25) is 0 Å². The summed E-state index contributed by atoms with van der Waals surface area (Å²) in [5.74, 6) is -1.30. The summed E-state index contributed by atoms with van der Waals surface area (Å²) < 4.78 is 5.26. The van der Waals surface area contributed by atoms with E-state index < -0.39 is 18.1 Å². The lowest BCUT2D eigenvalue weighted by molar-refractivity contribution is -0.143. The van der Waals surface area contributed by atoms with Crippen LogP contribution >= 0.6 is 0 Å². The maximum absolute atomic E-state index is 11.9. The highest BCUT2D eigenvalue weighted by Crippen LogP contribution is 2.13. The van der Waals surface area contributed by atoms with E-state index in [9.17, 15) is 14.7 Å². The van der Waals surface area contributed by atoms with Gasteiger partial charge in [-0.25, -0.2) is 4.79 Å². The number of nitrogens with one attached hydrogen (secondary N) is 1. The Hall–Kier alpha value is -1.88. The first-order valence-electron chi connectivity index (χ1n) is 7.35. The van der Waals surface area contributed by atoms with E-state index in [4.69, 9.17) is 4.74 Å². The van der Waals surface area contributed by atoms with Crippen molar-refractivity contribution in [1.29, 1.82) is 0 Å². The van der Waals surface area contributed by atoms with Gasteiger partial charge in [-0.2, -0.15) is 0 Å². The Morgan fingerprint density at radius 2 is 2.10 bits per heavy atom. The molecule has 0 saturated carbocycles. The minimum atomic E-state index is -0.991. The fourth-order valence-corrected chi connectivity index (χ4v) is 2.46. The molecule has 1 aromatic rings. The summed E-state index contributed by atoms with van der Waals surface area (Å²) in [6, 6.07) is 9.06. The molecule has 114 valence electrons. The second-order valence-corrected chi connectivity index (χ2v) is 5.28. The third-order valence-corrected chi connectivity index (χ3v) is 3.64. The van der Waals surface area contributed by atoms with E-state index in [1.807, 2.05) is 30.3 Å². The molecule has 0 unspecified atom stereocenters. The summed E-state index contributed by atoms with van der Waals surface area (Å²) in [6.45, 7) is 0.573. The molecule has 1 aromatic carbocycles. The maximum atomic E-state index is 11.9. The third kappa shape index (κ3) is 4.86. The summed E-state index contributed by atoms with van der Waals surface area (Å²) in [6.07, 6.45) is 2.98. The van der Waals surface area contributed by atoms with E-state index in [-0.39, 0.29) is 5.91 Å². The molecule has 2 N–H and O–H groups in total. The van der Waals surface area contributed by atoms with Crippen LogP contribution in [-0.4, -0.2) is 35.7 Å². The molecule has 21 heavy (non-hydrogen) atoms. The van der Waals surface area contributed by atoms with Crippen molar-refractivity contribution in [3.63, 3.8) is 0 Å². The number of aryl methyl sites for hydroxylation is 1. The highest BCUT2D eigenvalue weighted by Gasteiger charge is 2.27. The number of rotatable bonds is 7. The molecular formula is C16H21NO4. The summed E-state index contributed by atoms with van der Waals surface area (Å²) >= 11 is 0. The van der Waals surface area contributed by atoms with Crippen molar-refractivity contribution in [2.75, 3.05) is 6.61 Å². The third-order valence-electron chi connectivity index (χ3n) is 3.64. The molecule has 0 spiro atoms. The molecule has 1 aliphatic heterocycles. The Balaban J connectivity index is 1.79. The number of ether oxygens (including phenoxy) is 1. The van der Waals surface area contributed by atoms with Gasteiger partial charge < -0.3 is 15.2 Å². The van der Waals surface area contributed by atoms with Gasteiger partial charge in [0.05, 0.1) is 0 Å². The van der Waals surface area contributed by atoms with Crippen molar-refractivity contribution in [3.05, 3.63) is 35.9 Å².